The fourth-order valence-corrected chi connectivity index (χ4v) is 2.84. The number of ketones is 1. The van der Waals surface area contributed by atoms with E-state index in [2.05, 4.69) is 11.5 Å². The number of esters is 1. The number of ether oxygens (including phenoxy) is 1. The lowest BCUT2D eigenvalue weighted by atomic mass is 10.1. The van der Waals surface area contributed by atoms with Gasteiger partial charge in [0.05, 0.1) is 0 Å². The summed E-state index contributed by atoms with van der Waals surface area (Å²) in [5.74, 6) is -1.10. The zero-order valence-corrected chi connectivity index (χ0v) is 16.0. The first-order valence-electron chi connectivity index (χ1n) is 9.01. The lowest BCUT2D eigenvalue weighted by molar-refractivity contribution is -0.137. The minimum atomic E-state index is -0.792. The Bertz CT molecular complexity index is 886. The van der Waals surface area contributed by atoms with Gasteiger partial charge in [0, 0.05) is 23.5 Å². The van der Waals surface area contributed by atoms with E-state index >= 15 is 0 Å². The van der Waals surface area contributed by atoms with E-state index in [1.165, 1.54) is 6.08 Å². The Kier molecular flexibility index (Phi) is 7.13. The van der Waals surface area contributed by atoms with E-state index in [0.29, 0.717) is 5.56 Å². The number of nitriles is 1. The van der Waals surface area contributed by atoms with Crippen molar-refractivity contribution in [2.75, 3.05) is 6.61 Å². The van der Waals surface area contributed by atoms with Crippen LogP contribution in [0.4, 0.5) is 0 Å². The van der Waals surface area contributed by atoms with Gasteiger partial charge in [-0.3, -0.25) is 4.79 Å². The van der Waals surface area contributed by atoms with Gasteiger partial charge in [-0.05, 0) is 38.0 Å². The largest absolute Gasteiger partial charge is 0.453 e. The molecule has 0 bridgehead atoms. The Labute approximate surface area is 159 Å². The molecular weight excluding hydrogens is 340 g/mol. The van der Waals surface area contributed by atoms with Crippen LogP contribution < -0.4 is 0 Å². The van der Waals surface area contributed by atoms with Crippen molar-refractivity contribution in [3.8, 4) is 6.07 Å². The molecule has 2 aromatic rings. The van der Waals surface area contributed by atoms with Crippen LogP contribution in [0.15, 0.2) is 42.0 Å². The summed E-state index contributed by atoms with van der Waals surface area (Å²) in [6.45, 7) is 6.61. The lowest BCUT2D eigenvalue weighted by Crippen LogP contribution is -2.15. The van der Waals surface area contributed by atoms with Gasteiger partial charge >= 0.3 is 5.97 Å². The maximum atomic E-state index is 12.2. The molecule has 0 saturated carbocycles. The zero-order valence-electron chi connectivity index (χ0n) is 16.0. The van der Waals surface area contributed by atoms with Crippen molar-refractivity contribution in [3.63, 3.8) is 0 Å². The number of aryl methyl sites for hydroxylation is 1. The molecule has 1 heterocycles. The predicted octanol–water partition coefficient (Wildman–Crippen LogP) is 4.24. The minimum absolute atomic E-state index is 0.119. The van der Waals surface area contributed by atoms with Gasteiger partial charge in [0.15, 0.2) is 12.4 Å². The summed E-state index contributed by atoms with van der Waals surface area (Å²) in [5, 5.41) is 9.34. The Morgan fingerprint density at radius 3 is 2.56 bits per heavy atom. The van der Waals surface area contributed by atoms with Crippen LogP contribution in [0, 0.1) is 25.2 Å². The maximum Gasteiger partial charge on any atom is 0.349 e. The summed E-state index contributed by atoms with van der Waals surface area (Å²) < 4.78 is 7.21. The normalized spacial score (nSPS) is 11.1. The Hall–Kier alpha value is -3.13. The third-order valence-corrected chi connectivity index (χ3v) is 4.42. The van der Waals surface area contributed by atoms with E-state index in [0.717, 1.165) is 36.3 Å². The molecule has 5 heteroatoms. The smallest absolute Gasteiger partial charge is 0.349 e. The molecule has 0 radical (unpaired) electrons. The van der Waals surface area contributed by atoms with Crippen LogP contribution in [-0.2, 0) is 16.1 Å². The minimum Gasteiger partial charge on any atom is -0.453 e. The average Bonchev–Trinajstić information content (AvgIpc) is 2.95. The molecule has 0 atom stereocenters. The Morgan fingerprint density at radius 1 is 1.22 bits per heavy atom. The number of aromatic nitrogens is 1. The van der Waals surface area contributed by atoms with Gasteiger partial charge in [0.25, 0.3) is 0 Å². The monoisotopic (exact) mass is 364 g/mol. The number of carbonyl (C=O) groups is 2. The first-order chi connectivity index (χ1) is 13.0. The Balaban J connectivity index is 2.11. The number of hydrogen-bond acceptors (Lipinski definition) is 4. The number of nitrogens with zero attached hydrogens (tertiary/aromatic N) is 2. The molecule has 2 rings (SSSR count). The van der Waals surface area contributed by atoms with Crippen LogP contribution in [-0.4, -0.2) is 22.9 Å². The van der Waals surface area contributed by atoms with Crippen molar-refractivity contribution < 1.29 is 14.3 Å². The van der Waals surface area contributed by atoms with Crippen molar-refractivity contribution in [2.24, 2.45) is 0 Å². The first kappa shape index (κ1) is 20.2. The van der Waals surface area contributed by atoms with Crippen LogP contribution in [0.25, 0.3) is 6.08 Å². The highest BCUT2D eigenvalue weighted by atomic mass is 16.5. The molecule has 0 aliphatic heterocycles. The van der Waals surface area contributed by atoms with Crippen molar-refractivity contribution in [2.45, 2.75) is 40.2 Å². The number of Topliss-reactive ketones (excluding diaryl/α,β-unsaturated/α-hetero) is 1. The van der Waals surface area contributed by atoms with Gasteiger partial charge in [-0.1, -0.05) is 43.7 Å². The van der Waals surface area contributed by atoms with E-state index in [-0.39, 0.29) is 11.4 Å². The molecule has 0 N–H and O–H groups in total. The predicted molar refractivity (Wildman–Crippen MR) is 104 cm³/mol. The molecule has 0 saturated heterocycles. The molecular formula is C22H24N2O3. The van der Waals surface area contributed by atoms with Crippen LogP contribution in [0.2, 0.25) is 0 Å². The number of benzene rings is 1. The molecule has 0 unspecified atom stereocenters. The van der Waals surface area contributed by atoms with Crippen molar-refractivity contribution in [3.05, 3.63) is 64.5 Å². The third-order valence-electron chi connectivity index (χ3n) is 4.42. The van der Waals surface area contributed by atoms with E-state index in [9.17, 15) is 14.9 Å². The van der Waals surface area contributed by atoms with Crippen molar-refractivity contribution in [1.82, 2.24) is 4.57 Å². The molecule has 1 aromatic heterocycles. The highest BCUT2D eigenvalue weighted by Crippen LogP contribution is 2.19. The fourth-order valence-electron chi connectivity index (χ4n) is 2.84. The van der Waals surface area contributed by atoms with Gasteiger partial charge in [-0.15, -0.1) is 0 Å². The summed E-state index contributed by atoms with van der Waals surface area (Å²) in [6.07, 6.45) is 3.68. The molecule has 0 spiro atoms. The highest BCUT2D eigenvalue weighted by Gasteiger charge is 2.16. The van der Waals surface area contributed by atoms with Crippen molar-refractivity contribution >= 4 is 17.8 Å². The van der Waals surface area contributed by atoms with E-state index in [4.69, 9.17) is 4.74 Å². The van der Waals surface area contributed by atoms with E-state index in [1.807, 2.05) is 26.0 Å². The van der Waals surface area contributed by atoms with Crippen LogP contribution in [0.5, 0.6) is 0 Å². The second kappa shape index (κ2) is 9.54. The first-order valence-corrected chi connectivity index (χ1v) is 9.01. The molecule has 0 aliphatic rings. The van der Waals surface area contributed by atoms with Gasteiger partial charge in [0.1, 0.15) is 11.6 Å². The second-order valence-electron chi connectivity index (χ2n) is 6.37. The van der Waals surface area contributed by atoms with Gasteiger partial charge in [-0.2, -0.15) is 5.26 Å². The summed E-state index contributed by atoms with van der Waals surface area (Å²) in [7, 11) is 0. The summed E-state index contributed by atoms with van der Waals surface area (Å²) in [6, 6.07) is 12.4. The Morgan fingerprint density at radius 2 is 1.93 bits per heavy atom. The third kappa shape index (κ3) is 5.18. The summed E-state index contributed by atoms with van der Waals surface area (Å²) in [4.78, 5) is 24.3. The molecule has 1 aromatic carbocycles. The number of hydrogen-bond donors (Lipinski definition) is 0. The van der Waals surface area contributed by atoms with Crippen LogP contribution in [0.1, 0.15) is 47.1 Å². The summed E-state index contributed by atoms with van der Waals surface area (Å²) in [5.41, 5.74) is 3.24. The molecule has 27 heavy (non-hydrogen) atoms. The topological polar surface area (TPSA) is 72.1 Å². The standard InChI is InChI=1S/C22H24N2O3/c1-4-5-11-24-16(2)12-19(17(24)3)13-20(14-23)22(26)27-15-21(25)18-9-7-6-8-10-18/h6-10,12-13H,4-5,11,15H2,1-3H3/b20-13+. The number of rotatable bonds is 8. The maximum absolute atomic E-state index is 12.2. The van der Waals surface area contributed by atoms with E-state index in [1.54, 1.807) is 30.3 Å². The molecule has 140 valence electrons. The second-order valence-corrected chi connectivity index (χ2v) is 6.37. The van der Waals surface area contributed by atoms with Crippen LogP contribution >= 0.6 is 0 Å². The van der Waals surface area contributed by atoms with Gasteiger partial charge in [0.2, 0.25) is 0 Å². The lowest BCUT2D eigenvalue weighted by Gasteiger charge is -2.08. The van der Waals surface area contributed by atoms with Crippen molar-refractivity contribution in [1.29, 1.82) is 5.26 Å². The molecule has 0 fully saturated rings. The van der Waals surface area contributed by atoms with Gasteiger partial charge < -0.3 is 9.30 Å². The quantitative estimate of drug-likeness (QED) is 0.304. The SMILES string of the molecule is CCCCn1c(C)cc(/C=C(\C#N)C(=O)OCC(=O)c2ccccc2)c1C. The molecule has 0 amide bonds. The van der Waals surface area contributed by atoms with E-state index < -0.39 is 12.6 Å². The number of carbonyl (C=O) groups excluding carboxylic acids is 2. The fraction of sp³-hybridized carbons (Fsp3) is 0.318. The van der Waals surface area contributed by atoms with Gasteiger partial charge in [-0.25, -0.2) is 4.79 Å². The molecule has 5 nitrogen and oxygen atoms in total. The van der Waals surface area contributed by atoms with Crippen LogP contribution in [0.3, 0.4) is 0 Å². The molecule has 0 aliphatic carbocycles. The highest BCUT2D eigenvalue weighted by molar-refractivity contribution is 6.01. The average molecular weight is 364 g/mol. The zero-order chi connectivity index (χ0) is 19.8. The number of unbranched alkanes of at least 4 members (excludes halogenated alkanes) is 1. The summed E-state index contributed by atoms with van der Waals surface area (Å²) >= 11 is 0.